The van der Waals surface area contributed by atoms with Crippen LogP contribution in [0, 0.1) is 5.92 Å². The van der Waals surface area contributed by atoms with E-state index in [-0.39, 0.29) is 12.0 Å². The summed E-state index contributed by atoms with van der Waals surface area (Å²) < 4.78 is 43.0. The van der Waals surface area contributed by atoms with Crippen LogP contribution >= 0.6 is 0 Å². The molecule has 2 atom stereocenters. The number of aliphatic hydroxyl groups excluding tert-OH is 1. The van der Waals surface area contributed by atoms with Crippen molar-refractivity contribution in [2.45, 2.75) is 45.1 Å². The molecule has 0 saturated carbocycles. The minimum atomic E-state index is -4.39. The van der Waals surface area contributed by atoms with E-state index in [9.17, 15) is 23.1 Å². The maximum atomic E-state index is 12.6. The maximum Gasteiger partial charge on any atom is 0.416 e. The number of carbonyl (C=O) groups excluding carboxylic acids is 1. The van der Waals surface area contributed by atoms with Crippen molar-refractivity contribution in [2.75, 3.05) is 13.1 Å². The average Bonchev–Trinajstić information content (AvgIpc) is 2.99. The number of halogens is 3. The topological polar surface area (TPSA) is 49.8 Å². The third-order valence-electron chi connectivity index (χ3n) is 4.02. The van der Waals surface area contributed by atoms with Crippen LogP contribution in [-0.4, -0.2) is 34.8 Å². The molecule has 1 N–H and O–H groups in total. The lowest BCUT2D eigenvalue weighted by Crippen LogP contribution is -2.35. The molecule has 4 nitrogen and oxygen atoms in total. The molecule has 1 saturated heterocycles. The lowest BCUT2D eigenvalue weighted by molar-refractivity contribution is -0.137. The van der Waals surface area contributed by atoms with Gasteiger partial charge in [0.15, 0.2) is 0 Å². The largest absolute Gasteiger partial charge is 0.444 e. The van der Waals surface area contributed by atoms with Gasteiger partial charge in [-0.05, 0) is 50.8 Å². The van der Waals surface area contributed by atoms with Crippen LogP contribution in [0.25, 0.3) is 0 Å². The van der Waals surface area contributed by atoms with E-state index in [4.69, 9.17) is 4.74 Å². The van der Waals surface area contributed by atoms with Crippen molar-refractivity contribution < 1.29 is 27.8 Å². The van der Waals surface area contributed by atoms with Gasteiger partial charge in [0, 0.05) is 13.1 Å². The van der Waals surface area contributed by atoms with Gasteiger partial charge < -0.3 is 14.7 Å². The Labute approximate surface area is 151 Å². The zero-order chi connectivity index (χ0) is 19.5. The smallest absolute Gasteiger partial charge is 0.416 e. The molecule has 0 aromatic heterocycles. The van der Waals surface area contributed by atoms with Crippen LogP contribution in [-0.2, 0) is 10.9 Å². The van der Waals surface area contributed by atoms with E-state index in [0.717, 1.165) is 18.6 Å². The summed E-state index contributed by atoms with van der Waals surface area (Å²) in [5.74, 6) is 0.0756. The highest BCUT2D eigenvalue weighted by atomic mass is 19.4. The predicted molar refractivity (Wildman–Crippen MR) is 91.5 cm³/mol. The molecule has 1 fully saturated rings. The summed E-state index contributed by atoms with van der Waals surface area (Å²) >= 11 is 0. The van der Waals surface area contributed by atoms with E-state index in [2.05, 4.69) is 0 Å². The average molecular weight is 371 g/mol. The molecule has 0 radical (unpaired) electrons. The van der Waals surface area contributed by atoms with Gasteiger partial charge in [-0.3, -0.25) is 0 Å². The number of carbonyl (C=O) groups is 1. The van der Waals surface area contributed by atoms with Crippen LogP contribution < -0.4 is 0 Å². The fourth-order valence-corrected chi connectivity index (χ4v) is 2.68. The number of ether oxygens (including phenoxy) is 1. The number of amides is 1. The summed E-state index contributed by atoms with van der Waals surface area (Å²) in [6.45, 7) is 6.47. The number of aliphatic hydroxyl groups is 1. The van der Waals surface area contributed by atoms with E-state index in [1.54, 1.807) is 37.8 Å². The van der Waals surface area contributed by atoms with Crippen LogP contribution in [0.15, 0.2) is 36.4 Å². The van der Waals surface area contributed by atoms with Gasteiger partial charge in [-0.15, -0.1) is 0 Å². The van der Waals surface area contributed by atoms with Gasteiger partial charge in [-0.2, -0.15) is 13.2 Å². The Balaban J connectivity index is 1.91. The molecule has 1 aromatic rings. The normalized spacial score (nSPS) is 19.8. The van der Waals surface area contributed by atoms with Gasteiger partial charge in [0.2, 0.25) is 0 Å². The quantitative estimate of drug-likeness (QED) is 0.793. The first-order valence-electron chi connectivity index (χ1n) is 8.47. The van der Waals surface area contributed by atoms with E-state index in [0.29, 0.717) is 18.7 Å². The molecule has 0 spiro atoms. The third kappa shape index (κ3) is 5.76. The molecular formula is C19H24F3NO3. The molecular weight excluding hydrogens is 347 g/mol. The van der Waals surface area contributed by atoms with Crippen LogP contribution in [0.4, 0.5) is 18.0 Å². The number of nitrogens with zero attached hydrogens (tertiary/aromatic N) is 1. The van der Waals surface area contributed by atoms with Crippen molar-refractivity contribution in [3.8, 4) is 0 Å². The zero-order valence-corrected chi connectivity index (χ0v) is 15.1. The fourth-order valence-electron chi connectivity index (χ4n) is 2.68. The highest BCUT2D eigenvalue weighted by Gasteiger charge is 2.30. The molecule has 1 aromatic carbocycles. The summed E-state index contributed by atoms with van der Waals surface area (Å²) in [5.41, 5.74) is -0.915. The minimum Gasteiger partial charge on any atom is -0.444 e. The monoisotopic (exact) mass is 371 g/mol. The number of benzene rings is 1. The number of hydrogen-bond donors (Lipinski definition) is 1. The molecule has 0 bridgehead atoms. The summed E-state index contributed by atoms with van der Waals surface area (Å²) in [5, 5.41) is 10.1. The second-order valence-corrected chi connectivity index (χ2v) is 7.42. The molecule has 7 heteroatoms. The summed E-state index contributed by atoms with van der Waals surface area (Å²) in [6, 6.07) is 4.43. The standard InChI is InChI=1S/C19H24F3NO3/c1-18(2,3)26-17(25)23-11-10-13(12-23)4-9-16(24)14-5-7-15(8-6-14)19(20,21)22/h4-9,13,16,24H,10-12H2,1-3H3/b9-4-. The van der Waals surface area contributed by atoms with E-state index in [1.165, 1.54) is 12.1 Å². The van der Waals surface area contributed by atoms with Crippen LogP contribution in [0.5, 0.6) is 0 Å². The lowest BCUT2D eigenvalue weighted by atomic mass is 10.0. The Morgan fingerprint density at radius 2 is 1.88 bits per heavy atom. The van der Waals surface area contributed by atoms with E-state index >= 15 is 0 Å². The van der Waals surface area contributed by atoms with Gasteiger partial charge in [-0.25, -0.2) is 4.79 Å². The Kier molecular flexibility index (Phi) is 6.01. The molecule has 144 valence electrons. The summed E-state index contributed by atoms with van der Waals surface area (Å²) in [6.07, 6.45) is -1.66. The van der Waals surface area contributed by atoms with Gasteiger partial charge in [0.25, 0.3) is 0 Å². The molecule has 26 heavy (non-hydrogen) atoms. The Bertz CT molecular complexity index is 647. The van der Waals surface area contributed by atoms with Gasteiger partial charge in [0.1, 0.15) is 5.60 Å². The van der Waals surface area contributed by atoms with Gasteiger partial charge in [0.05, 0.1) is 11.7 Å². The van der Waals surface area contributed by atoms with Gasteiger partial charge >= 0.3 is 12.3 Å². The first kappa shape index (κ1) is 20.3. The SMILES string of the molecule is CC(C)(C)OC(=O)N1CCC(/C=C\C(O)c2ccc(C(F)(F)F)cc2)C1. The Morgan fingerprint density at radius 1 is 1.27 bits per heavy atom. The van der Waals surface area contributed by atoms with Crippen LogP contribution in [0.2, 0.25) is 0 Å². The molecule has 1 amide bonds. The second-order valence-electron chi connectivity index (χ2n) is 7.42. The van der Waals surface area contributed by atoms with Crippen LogP contribution in [0.1, 0.15) is 44.4 Å². The summed E-state index contributed by atoms with van der Waals surface area (Å²) in [4.78, 5) is 13.6. The second kappa shape index (κ2) is 7.70. The van der Waals surface area contributed by atoms with Crippen molar-refractivity contribution in [1.82, 2.24) is 4.90 Å². The fraction of sp³-hybridized carbons (Fsp3) is 0.526. The molecule has 0 aliphatic carbocycles. The highest BCUT2D eigenvalue weighted by molar-refractivity contribution is 5.68. The van der Waals surface area contributed by atoms with Crippen molar-refractivity contribution in [2.24, 2.45) is 5.92 Å². The highest BCUT2D eigenvalue weighted by Crippen LogP contribution is 2.30. The molecule has 1 aliphatic heterocycles. The lowest BCUT2D eigenvalue weighted by Gasteiger charge is -2.24. The van der Waals surface area contributed by atoms with Crippen molar-refractivity contribution in [1.29, 1.82) is 0 Å². The van der Waals surface area contributed by atoms with Crippen LogP contribution in [0.3, 0.4) is 0 Å². The van der Waals surface area contributed by atoms with Crippen molar-refractivity contribution >= 4 is 6.09 Å². The van der Waals surface area contributed by atoms with Crippen molar-refractivity contribution in [3.05, 3.63) is 47.5 Å². The van der Waals surface area contributed by atoms with Crippen molar-refractivity contribution in [3.63, 3.8) is 0 Å². The number of hydrogen-bond acceptors (Lipinski definition) is 3. The number of rotatable bonds is 3. The first-order valence-corrected chi connectivity index (χ1v) is 8.47. The zero-order valence-electron chi connectivity index (χ0n) is 15.1. The molecule has 2 unspecified atom stereocenters. The Morgan fingerprint density at radius 3 is 2.42 bits per heavy atom. The third-order valence-corrected chi connectivity index (χ3v) is 4.02. The molecule has 1 aliphatic rings. The predicted octanol–water partition coefficient (Wildman–Crippen LogP) is 4.55. The number of likely N-dealkylation sites (tertiary alicyclic amines) is 1. The first-order chi connectivity index (χ1) is 12.0. The molecule has 2 rings (SSSR count). The van der Waals surface area contributed by atoms with E-state index < -0.39 is 23.4 Å². The Hall–Kier alpha value is -2.02. The molecule has 1 heterocycles. The summed E-state index contributed by atoms with van der Waals surface area (Å²) in [7, 11) is 0. The maximum absolute atomic E-state index is 12.6. The van der Waals surface area contributed by atoms with Gasteiger partial charge in [-0.1, -0.05) is 24.3 Å². The minimum absolute atomic E-state index is 0.0756. The van der Waals surface area contributed by atoms with E-state index in [1.807, 2.05) is 0 Å². The number of alkyl halides is 3.